The van der Waals surface area contributed by atoms with Crippen molar-refractivity contribution < 1.29 is 14.1 Å². The van der Waals surface area contributed by atoms with Crippen LogP contribution in [0.25, 0.3) is 11.0 Å². The maximum Gasteiger partial charge on any atom is 0.335 e. The highest BCUT2D eigenvalue weighted by Gasteiger charge is 2.17. The standard InChI is InChI=1S/C14H18N2O3S/c1-4-13-15-11-7-10(14(17)18)5-6-12(11)16(13)9(2)8-20(3)19/h5-7,9H,4,8H2,1-3H3,(H,17,18). The molecule has 1 aromatic heterocycles. The van der Waals surface area contributed by atoms with E-state index in [4.69, 9.17) is 5.11 Å². The fourth-order valence-corrected chi connectivity index (χ4v) is 3.27. The molecule has 0 spiro atoms. The number of carbonyl (C=O) groups is 1. The summed E-state index contributed by atoms with van der Waals surface area (Å²) in [5.41, 5.74) is 1.80. The van der Waals surface area contributed by atoms with Crippen molar-refractivity contribution in [1.29, 1.82) is 0 Å². The number of aryl methyl sites for hydroxylation is 1. The van der Waals surface area contributed by atoms with Gasteiger partial charge in [-0.1, -0.05) is 6.92 Å². The topological polar surface area (TPSA) is 72.2 Å². The van der Waals surface area contributed by atoms with Crippen LogP contribution in [0.1, 0.15) is 36.1 Å². The van der Waals surface area contributed by atoms with Crippen molar-refractivity contribution in [2.45, 2.75) is 26.3 Å². The van der Waals surface area contributed by atoms with Crippen LogP contribution in [-0.4, -0.2) is 36.8 Å². The van der Waals surface area contributed by atoms with E-state index in [2.05, 4.69) is 9.55 Å². The summed E-state index contributed by atoms with van der Waals surface area (Å²) >= 11 is 0. The molecular weight excluding hydrogens is 276 g/mol. The quantitative estimate of drug-likeness (QED) is 0.918. The molecule has 1 N–H and O–H groups in total. The number of benzene rings is 1. The lowest BCUT2D eigenvalue weighted by Gasteiger charge is -2.16. The molecule has 0 aliphatic carbocycles. The zero-order valence-corrected chi connectivity index (χ0v) is 12.6. The molecule has 0 saturated carbocycles. The molecule has 2 unspecified atom stereocenters. The van der Waals surface area contributed by atoms with E-state index < -0.39 is 16.8 Å². The van der Waals surface area contributed by atoms with Crippen LogP contribution in [0, 0.1) is 0 Å². The third-order valence-corrected chi connectivity index (χ3v) is 4.19. The van der Waals surface area contributed by atoms with E-state index in [1.54, 1.807) is 24.5 Å². The lowest BCUT2D eigenvalue weighted by atomic mass is 10.2. The number of hydrogen-bond donors (Lipinski definition) is 1. The van der Waals surface area contributed by atoms with Gasteiger partial charge in [-0.05, 0) is 25.1 Å². The number of hydrogen-bond acceptors (Lipinski definition) is 3. The molecule has 108 valence electrons. The summed E-state index contributed by atoms with van der Waals surface area (Å²) in [5, 5.41) is 9.03. The number of rotatable bonds is 5. The van der Waals surface area contributed by atoms with Crippen LogP contribution < -0.4 is 0 Å². The molecule has 1 heterocycles. The number of nitrogens with zero attached hydrogens (tertiary/aromatic N) is 2. The molecule has 0 radical (unpaired) electrons. The van der Waals surface area contributed by atoms with Crippen LogP contribution in [0.15, 0.2) is 18.2 Å². The van der Waals surface area contributed by atoms with E-state index >= 15 is 0 Å². The first kappa shape index (κ1) is 14.7. The third kappa shape index (κ3) is 2.75. The molecular formula is C14H18N2O3S. The monoisotopic (exact) mass is 294 g/mol. The number of aromatic nitrogens is 2. The Morgan fingerprint density at radius 1 is 1.50 bits per heavy atom. The maximum atomic E-state index is 11.4. The number of aromatic carboxylic acids is 1. The van der Waals surface area contributed by atoms with Crippen molar-refractivity contribution in [2.75, 3.05) is 12.0 Å². The molecule has 2 rings (SSSR count). The highest BCUT2D eigenvalue weighted by Crippen LogP contribution is 2.23. The first-order valence-electron chi connectivity index (χ1n) is 6.48. The van der Waals surface area contributed by atoms with E-state index in [0.29, 0.717) is 11.3 Å². The van der Waals surface area contributed by atoms with Crippen LogP contribution in [0.3, 0.4) is 0 Å². The zero-order valence-electron chi connectivity index (χ0n) is 11.8. The SMILES string of the molecule is CCc1nc2cc(C(=O)O)ccc2n1C(C)CS(C)=O. The molecule has 2 atom stereocenters. The Balaban J connectivity index is 2.57. The molecule has 5 nitrogen and oxygen atoms in total. The van der Waals surface area contributed by atoms with Crippen molar-refractivity contribution in [3.8, 4) is 0 Å². The summed E-state index contributed by atoms with van der Waals surface area (Å²) in [6, 6.07) is 5.01. The lowest BCUT2D eigenvalue weighted by Crippen LogP contribution is -2.15. The van der Waals surface area contributed by atoms with Crippen molar-refractivity contribution in [3.63, 3.8) is 0 Å². The predicted molar refractivity (Wildman–Crippen MR) is 79.7 cm³/mol. The third-order valence-electron chi connectivity index (χ3n) is 3.24. The van der Waals surface area contributed by atoms with Gasteiger partial charge in [0.15, 0.2) is 0 Å². The second kappa shape index (κ2) is 5.75. The van der Waals surface area contributed by atoms with Crippen molar-refractivity contribution >= 4 is 27.8 Å². The summed E-state index contributed by atoms with van der Waals surface area (Å²) in [5.74, 6) is 0.488. The van der Waals surface area contributed by atoms with Gasteiger partial charge in [0.2, 0.25) is 0 Å². The minimum Gasteiger partial charge on any atom is -0.478 e. The molecule has 0 fully saturated rings. The van der Waals surface area contributed by atoms with Gasteiger partial charge in [-0.15, -0.1) is 0 Å². The highest BCUT2D eigenvalue weighted by molar-refractivity contribution is 7.84. The van der Waals surface area contributed by atoms with Gasteiger partial charge < -0.3 is 9.67 Å². The van der Waals surface area contributed by atoms with Gasteiger partial charge in [0, 0.05) is 35.3 Å². The second-order valence-electron chi connectivity index (χ2n) is 4.85. The Morgan fingerprint density at radius 2 is 2.20 bits per heavy atom. The van der Waals surface area contributed by atoms with Gasteiger partial charge in [0.1, 0.15) is 5.82 Å². The van der Waals surface area contributed by atoms with Gasteiger partial charge in [-0.25, -0.2) is 9.78 Å². The molecule has 20 heavy (non-hydrogen) atoms. The average Bonchev–Trinajstić information content (AvgIpc) is 2.74. The number of carboxylic acids is 1. The van der Waals surface area contributed by atoms with E-state index in [9.17, 15) is 9.00 Å². The number of imidazole rings is 1. The minimum atomic E-state index is -0.956. The Kier molecular flexibility index (Phi) is 4.23. The molecule has 6 heteroatoms. The van der Waals surface area contributed by atoms with Gasteiger partial charge in [-0.3, -0.25) is 4.21 Å². The van der Waals surface area contributed by atoms with E-state index in [1.807, 2.05) is 13.8 Å². The largest absolute Gasteiger partial charge is 0.478 e. The zero-order chi connectivity index (χ0) is 14.9. The summed E-state index contributed by atoms with van der Waals surface area (Å²) in [6.45, 7) is 4.01. The molecule has 0 aliphatic rings. The van der Waals surface area contributed by atoms with Crippen LogP contribution in [-0.2, 0) is 17.2 Å². The Hall–Kier alpha value is -1.69. The molecule has 1 aromatic carbocycles. The van der Waals surface area contributed by atoms with E-state index in [-0.39, 0.29) is 11.6 Å². The number of carboxylic acid groups (broad SMARTS) is 1. The summed E-state index contributed by atoms with van der Waals surface area (Å²) in [4.78, 5) is 15.5. The fourth-order valence-electron chi connectivity index (χ4n) is 2.44. The van der Waals surface area contributed by atoms with Gasteiger partial charge in [-0.2, -0.15) is 0 Å². The van der Waals surface area contributed by atoms with Crippen LogP contribution in [0.4, 0.5) is 0 Å². The maximum absolute atomic E-state index is 11.4. The highest BCUT2D eigenvalue weighted by atomic mass is 32.2. The summed E-state index contributed by atoms with van der Waals surface area (Å²) < 4.78 is 13.5. The fraction of sp³-hybridized carbons (Fsp3) is 0.429. The molecule has 2 aromatic rings. The van der Waals surface area contributed by atoms with Gasteiger partial charge in [0.25, 0.3) is 0 Å². The van der Waals surface area contributed by atoms with E-state index in [1.165, 1.54) is 0 Å². The molecule has 0 saturated heterocycles. The molecule has 0 amide bonds. The Morgan fingerprint density at radius 3 is 2.75 bits per heavy atom. The number of fused-ring (bicyclic) bond motifs is 1. The van der Waals surface area contributed by atoms with Crippen LogP contribution in [0.5, 0.6) is 0 Å². The summed E-state index contributed by atoms with van der Waals surface area (Å²) in [6.07, 6.45) is 2.43. The van der Waals surface area contributed by atoms with Crippen LogP contribution >= 0.6 is 0 Å². The van der Waals surface area contributed by atoms with E-state index in [0.717, 1.165) is 17.8 Å². The predicted octanol–water partition coefficient (Wildman–Crippen LogP) is 2.24. The molecule has 0 aliphatic heterocycles. The lowest BCUT2D eigenvalue weighted by molar-refractivity contribution is 0.0697. The van der Waals surface area contributed by atoms with Crippen molar-refractivity contribution in [3.05, 3.63) is 29.6 Å². The first-order chi connectivity index (χ1) is 9.43. The Labute approximate surface area is 120 Å². The smallest absolute Gasteiger partial charge is 0.335 e. The normalized spacial score (nSPS) is 14.3. The Bertz CT molecular complexity index is 678. The van der Waals surface area contributed by atoms with Crippen molar-refractivity contribution in [2.24, 2.45) is 0 Å². The van der Waals surface area contributed by atoms with Crippen molar-refractivity contribution in [1.82, 2.24) is 9.55 Å². The average molecular weight is 294 g/mol. The molecule has 0 bridgehead atoms. The van der Waals surface area contributed by atoms with Crippen LogP contribution in [0.2, 0.25) is 0 Å². The van der Waals surface area contributed by atoms with Gasteiger partial charge >= 0.3 is 5.97 Å². The first-order valence-corrected chi connectivity index (χ1v) is 8.21. The van der Waals surface area contributed by atoms with Gasteiger partial charge in [0.05, 0.1) is 16.6 Å². The minimum absolute atomic E-state index is 0.0662. The second-order valence-corrected chi connectivity index (χ2v) is 6.33. The summed E-state index contributed by atoms with van der Waals surface area (Å²) in [7, 11) is -0.888.